The fourth-order valence-corrected chi connectivity index (χ4v) is 3.34. The number of carbonyl (C=O) groups excluding carboxylic acids is 1. The van der Waals surface area contributed by atoms with Crippen LogP contribution in [0.1, 0.15) is 84.5 Å². The van der Waals surface area contributed by atoms with Gasteiger partial charge in [-0.1, -0.05) is 77.4 Å². The fourth-order valence-electron chi connectivity index (χ4n) is 3.34. The van der Waals surface area contributed by atoms with Crippen molar-refractivity contribution >= 4 is 11.9 Å². The topological polar surface area (TPSA) is 63.6 Å². The zero-order valence-electron chi connectivity index (χ0n) is 16.0. The maximum atomic E-state index is 12.1. The van der Waals surface area contributed by atoms with Crippen molar-refractivity contribution in [3.8, 4) is 0 Å². The zero-order valence-corrected chi connectivity index (χ0v) is 16.0. The molecule has 0 fully saturated rings. The quantitative estimate of drug-likeness (QED) is 0.275. The predicted molar refractivity (Wildman–Crippen MR) is 100 cm³/mol. The van der Waals surface area contributed by atoms with Gasteiger partial charge in [-0.05, 0) is 25.2 Å². The highest BCUT2D eigenvalue weighted by molar-refractivity contribution is 5.81. The Morgan fingerprint density at radius 3 is 2.00 bits per heavy atom. The van der Waals surface area contributed by atoms with E-state index in [9.17, 15) is 14.7 Å². The molecule has 0 bridgehead atoms. The van der Waals surface area contributed by atoms with Crippen molar-refractivity contribution in [3.63, 3.8) is 0 Å². The highest BCUT2D eigenvalue weighted by Crippen LogP contribution is 2.27. The third-order valence-electron chi connectivity index (χ3n) is 4.97. The predicted octanol–water partition coefficient (Wildman–Crippen LogP) is 5.36. The number of esters is 1. The molecule has 144 valence electrons. The number of carboxylic acid groups (broad SMARTS) is 1. The molecule has 0 saturated heterocycles. The molecule has 1 aliphatic rings. The average molecular weight is 353 g/mol. The summed E-state index contributed by atoms with van der Waals surface area (Å²) in [4.78, 5) is 23.3. The minimum absolute atomic E-state index is 0.345. The molecule has 4 heteroatoms. The number of hydrogen-bond acceptors (Lipinski definition) is 3. The second kappa shape index (κ2) is 13.0. The molecule has 1 aliphatic carbocycles. The van der Waals surface area contributed by atoms with Crippen LogP contribution in [0.5, 0.6) is 0 Å². The molecule has 0 amide bonds. The molecule has 1 rings (SSSR count). The largest absolute Gasteiger partial charge is 0.481 e. The Morgan fingerprint density at radius 2 is 1.44 bits per heavy atom. The number of unbranched alkanes of at least 4 members (excludes halogenated alkanes) is 7. The van der Waals surface area contributed by atoms with E-state index in [-0.39, 0.29) is 5.97 Å². The molecule has 0 spiro atoms. The van der Waals surface area contributed by atoms with Gasteiger partial charge in [0.1, 0.15) is 0 Å². The van der Waals surface area contributed by atoms with Gasteiger partial charge in [-0.25, -0.2) is 0 Å². The third kappa shape index (κ3) is 9.66. The first-order valence-corrected chi connectivity index (χ1v) is 10.1. The Kier molecular flexibility index (Phi) is 11.3. The van der Waals surface area contributed by atoms with Gasteiger partial charge in [-0.3, -0.25) is 9.59 Å². The summed E-state index contributed by atoms with van der Waals surface area (Å²) in [5.74, 6) is -1.58. The number of carbonyl (C=O) groups is 2. The molecule has 4 nitrogen and oxygen atoms in total. The average Bonchev–Trinajstić information content (AvgIpc) is 2.59. The number of ether oxygens (including phenoxy) is 1. The van der Waals surface area contributed by atoms with Crippen LogP contribution in [-0.2, 0) is 14.3 Å². The smallest absolute Gasteiger partial charge is 0.310 e. The monoisotopic (exact) mass is 352 g/mol. The minimum atomic E-state index is -0.903. The number of rotatable bonds is 13. The summed E-state index contributed by atoms with van der Waals surface area (Å²) < 4.78 is 5.31. The van der Waals surface area contributed by atoms with E-state index in [0.29, 0.717) is 19.4 Å². The molecule has 0 aliphatic heterocycles. The zero-order chi connectivity index (χ0) is 18.5. The number of hydrogen-bond donors (Lipinski definition) is 1. The minimum Gasteiger partial charge on any atom is -0.481 e. The van der Waals surface area contributed by atoms with Crippen LogP contribution in [0.2, 0.25) is 0 Å². The van der Waals surface area contributed by atoms with E-state index in [1.165, 1.54) is 44.9 Å². The first-order valence-electron chi connectivity index (χ1n) is 10.1. The number of carboxylic acids is 1. The Hall–Kier alpha value is -1.32. The van der Waals surface area contributed by atoms with Gasteiger partial charge in [0, 0.05) is 0 Å². The summed E-state index contributed by atoms with van der Waals surface area (Å²) in [6.07, 6.45) is 15.7. The van der Waals surface area contributed by atoms with Crippen LogP contribution in [0.3, 0.4) is 0 Å². The van der Waals surface area contributed by atoms with Gasteiger partial charge < -0.3 is 9.84 Å². The molecule has 1 N–H and O–H groups in total. The normalized spacial score (nSPS) is 20.0. The van der Waals surface area contributed by atoms with E-state index >= 15 is 0 Å². The van der Waals surface area contributed by atoms with Crippen molar-refractivity contribution in [3.05, 3.63) is 12.2 Å². The van der Waals surface area contributed by atoms with E-state index in [1.807, 2.05) is 12.2 Å². The van der Waals surface area contributed by atoms with Gasteiger partial charge in [0.15, 0.2) is 0 Å². The van der Waals surface area contributed by atoms with E-state index in [4.69, 9.17) is 4.74 Å². The molecular formula is C21H36O4. The van der Waals surface area contributed by atoms with E-state index < -0.39 is 17.8 Å². The van der Waals surface area contributed by atoms with Crippen molar-refractivity contribution in [1.82, 2.24) is 0 Å². The fraction of sp³-hybridized carbons (Fsp3) is 0.810. The van der Waals surface area contributed by atoms with E-state index in [0.717, 1.165) is 18.8 Å². The van der Waals surface area contributed by atoms with E-state index in [2.05, 4.69) is 13.8 Å². The first kappa shape index (κ1) is 21.7. The van der Waals surface area contributed by atoms with Crippen LogP contribution < -0.4 is 0 Å². The molecule has 0 saturated carbocycles. The van der Waals surface area contributed by atoms with Gasteiger partial charge >= 0.3 is 11.9 Å². The van der Waals surface area contributed by atoms with Gasteiger partial charge in [-0.15, -0.1) is 0 Å². The van der Waals surface area contributed by atoms with Gasteiger partial charge in [0.2, 0.25) is 0 Å². The molecule has 0 radical (unpaired) electrons. The number of aliphatic carboxylic acids is 1. The van der Waals surface area contributed by atoms with Crippen molar-refractivity contribution in [2.24, 2.45) is 17.8 Å². The lowest BCUT2D eigenvalue weighted by Gasteiger charge is -2.23. The van der Waals surface area contributed by atoms with Gasteiger partial charge in [0.25, 0.3) is 0 Å². The summed E-state index contributed by atoms with van der Waals surface area (Å²) in [5.41, 5.74) is 0. The van der Waals surface area contributed by atoms with Gasteiger partial charge in [0.05, 0.1) is 18.4 Å². The molecule has 0 aromatic rings. The van der Waals surface area contributed by atoms with Crippen molar-refractivity contribution in [2.75, 3.05) is 6.61 Å². The van der Waals surface area contributed by atoms with Crippen LogP contribution in [0.15, 0.2) is 12.2 Å². The SMILES string of the molecule is CC(C)CCCCCCCCCCOC(=O)C1CC=CCC1C(=O)O. The molecule has 25 heavy (non-hydrogen) atoms. The Bertz CT molecular complexity index is 414. The lowest BCUT2D eigenvalue weighted by molar-refractivity contribution is -0.158. The number of allylic oxidation sites excluding steroid dienone is 2. The summed E-state index contributed by atoms with van der Waals surface area (Å²) in [5, 5.41) is 9.19. The summed E-state index contributed by atoms with van der Waals surface area (Å²) in [6, 6.07) is 0. The highest BCUT2D eigenvalue weighted by Gasteiger charge is 2.34. The second-order valence-electron chi connectivity index (χ2n) is 7.67. The Balaban J connectivity index is 1.99. The summed E-state index contributed by atoms with van der Waals surface area (Å²) in [7, 11) is 0. The van der Waals surface area contributed by atoms with Crippen LogP contribution in [0.4, 0.5) is 0 Å². The molecule has 0 aromatic heterocycles. The molecule has 0 aromatic carbocycles. The molecule has 2 unspecified atom stereocenters. The third-order valence-corrected chi connectivity index (χ3v) is 4.97. The molecular weight excluding hydrogens is 316 g/mol. The summed E-state index contributed by atoms with van der Waals surface area (Å²) >= 11 is 0. The van der Waals surface area contributed by atoms with Crippen molar-refractivity contribution in [2.45, 2.75) is 84.5 Å². The molecule has 0 heterocycles. The Labute approximate surface area is 153 Å². The van der Waals surface area contributed by atoms with Crippen molar-refractivity contribution < 1.29 is 19.4 Å². The van der Waals surface area contributed by atoms with Crippen LogP contribution in [0.25, 0.3) is 0 Å². The van der Waals surface area contributed by atoms with Crippen LogP contribution >= 0.6 is 0 Å². The lowest BCUT2D eigenvalue weighted by Crippen LogP contribution is -2.32. The maximum Gasteiger partial charge on any atom is 0.310 e. The van der Waals surface area contributed by atoms with Crippen LogP contribution in [-0.4, -0.2) is 23.7 Å². The van der Waals surface area contributed by atoms with Crippen molar-refractivity contribution in [1.29, 1.82) is 0 Å². The summed E-state index contributed by atoms with van der Waals surface area (Å²) in [6.45, 7) is 4.97. The Morgan fingerprint density at radius 1 is 0.920 bits per heavy atom. The first-order chi connectivity index (χ1) is 12.0. The second-order valence-corrected chi connectivity index (χ2v) is 7.67. The van der Waals surface area contributed by atoms with E-state index in [1.54, 1.807) is 0 Å². The maximum absolute atomic E-state index is 12.1. The standard InChI is InChI=1S/C21H36O4/c1-17(2)13-9-7-5-3-4-6-8-12-16-25-21(24)19-15-11-10-14-18(19)20(22)23/h10-11,17-19H,3-9,12-16H2,1-2H3,(H,22,23). The molecule has 2 atom stereocenters. The van der Waals surface area contributed by atoms with Gasteiger partial charge in [-0.2, -0.15) is 0 Å². The lowest BCUT2D eigenvalue weighted by atomic mass is 9.83. The van der Waals surface area contributed by atoms with Crippen LogP contribution in [0, 0.1) is 17.8 Å². The highest BCUT2D eigenvalue weighted by atomic mass is 16.5.